The van der Waals surface area contributed by atoms with E-state index >= 15 is 0 Å². The number of aromatic nitrogens is 2. The quantitative estimate of drug-likeness (QED) is 0.641. The van der Waals surface area contributed by atoms with Crippen LogP contribution < -0.4 is 15.4 Å². The molecule has 1 saturated heterocycles. The summed E-state index contributed by atoms with van der Waals surface area (Å²) < 4.78 is 8.45. The SMILES string of the molecule is O=C(NC1C2CC3CC(C2)CC1C3)c1cnn(CC2CCNCC2)c1OCC1CCCCC1. The van der Waals surface area contributed by atoms with Gasteiger partial charge in [0.25, 0.3) is 5.91 Å². The van der Waals surface area contributed by atoms with Crippen LogP contribution in [-0.2, 0) is 6.54 Å². The Labute approximate surface area is 198 Å². The third-order valence-corrected chi connectivity index (χ3v) is 9.63. The van der Waals surface area contributed by atoms with Crippen LogP contribution in [0.4, 0.5) is 0 Å². The molecule has 6 nitrogen and oxygen atoms in total. The summed E-state index contributed by atoms with van der Waals surface area (Å²) in [6.07, 6.45) is 17.3. The molecular weight excluding hydrogens is 412 g/mol. The van der Waals surface area contributed by atoms with Crippen LogP contribution in [0.25, 0.3) is 0 Å². The molecule has 6 fully saturated rings. The number of hydrogen-bond donors (Lipinski definition) is 2. The van der Waals surface area contributed by atoms with Crippen molar-refractivity contribution in [2.24, 2.45) is 35.5 Å². The zero-order valence-corrected chi connectivity index (χ0v) is 20.1. The summed E-state index contributed by atoms with van der Waals surface area (Å²) in [6.45, 7) is 3.72. The van der Waals surface area contributed by atoms with Crippen LogP contribution >= 0.6 is 0 Å². The van der Waals surface area contributed by atoms with Gasteiger partial charge in [0.05, 0.1) is 12.8 Å². The number of amides is 1. The number of carbonyl (C=O) groups excluding carboxylic acids is 1. The highest BCUT2D eigenvalue weighted by Crippen LogP contribution is 2.53. The smallest absolute Gasteiger partial charge is 0.258 e. The normalized spacial score (nSPS) is 34.5. The monoisotopic (exact) mass is 454 g/mol. The van der Waals surface area contributed by atoms with Crippen molar-refractivity contribution in [2.45, 2.75) is 89.6 Å². The lowest BCUT2D eigenvalue weighted by molar-refractivity contribution is -0.0120. The fourth-order valence-electron chi connectivity index (χ4n) is 8.06. The molecule has 7 rings (SSSR count). The van der Waals surface area contributed by atoms with E-state index in [2.05, 4.69) is 15.7 Å². The Morgan fingerprint density at radius 2 is 1.67 bits per heavy atom. The largest absolute Gasteiger partial charge is 0.477 e. The molecular formula is C27H42N4O2. The van der Waals surface area contributed by atoms with Crippen LogP contribution in [0, 0.1) is 35.5 Å². The molecule has 182 valence electrons. The van der Waals surface area contributed by atoms with Crippen molar-refractivity contribution in [2.75, 3.05) is 19.7 Å². The molecule has 5 aliphatic carbocycles. The van der Waals surface area contributed by atoms with E-state index in [1.165, 1.54) is 64.2 Å². The predicted octanol–water partition coefficient (Wildman–Crippen LogP) is 4.40. The highest BCUT2D eigenvalue weighted by Gasteiger charge is 2.48. The van der Waals surface area contributed by atoms with E-state index in [9.17, 15) is 4.79 Å². The van der Waals surface area contributed by atoms with Crippen LogP contribution in [0.5, 0.6) is 5.88 Å². The van der Waals surface area contributed by atoms with Gasteiger partial charge in [-0.15, -0.1) is 0 Å². The van der Waals surface area contributed by atoms with E-state index in [0.29, 0.717) is 35.3 Å². The summed E-state index contributed by atoms with van der Waals surface area (Å²) in [4.78, 5) is 13.6. The van der Waals surface area contributed by atoms with Gasteiger partial charge in [-0.3, -0.25) is 4.79 Å². The van der Waals surface area contributed by atoms with Crippen LogP contribution in [0.3, 0.4) is 0 Å². The average molecular weight is 455 g/mol. The standard InChI is InChI=1S/C27H42N4O2/c32-26(30-25-22-11-20-10-21(13-22)14-23(25)12-20)24-15-29-31(16-18-6-8-28-9-7-18)27(24)33-17-19-4-2-1-3-5-19/h15,18-23,25,28H,1-14,16-17H2,(H,30,32). The lowest BCUT2D eigenvalue weighted by Gasteiger charge is -2.54. The summed E-state index contributed by atoms with van der Waals surface area (Å²) in [5.74, 6) is 5.18. The Bertz CT molecular complexity index is 796. The van der Waals surface area contributed by atoms with Crippen molar-refractivity contribution in [3.05, 3.63) is 11.8 Å². The Kier molecular flexibility index (Phi) is 6.38. The molecule has 1 aromatic heterocycles. The molecule has 33 heavy (non-hydrogen) atoms. The summed E-state index contributed by atoms with van der Waals surface area (Å²) >= 11 is 0. The van der Waals surface area contributed by atoms with Gasteiger partial charge < -0.3 is 15.4 Å². The second-order valence-electron chi connectivity index (χ2n) is 12.0. The third-order valence-electron chi connectivity index (χ3n) is 9.63. The number of rotatable bonds is 7. The first-order valence-electron chi connectivity index (χ1n) is 13.9. The molecule has 4 bridgehead atoms. The summed E-state index contributed by atoms with van der Waals surface area (Å²) in [6, 6.07) is 0.351. The molecule has 6 heteroatoms. The van der Waals surface area contributed by atoms with Gasteiger partial charge in [-0.1, -0.05) is 19.3 Å². The van der Waals surface area contributed by atoms with Gasteiger partial charge in [0.15, 0.2) is 0 Å². The maximum Gasteiger partial charge on any atom is 0.258 e. The molecule has 0 atom stereocenters. The van der Waals surface area contributed by atoms with Crippen molar-refractivity contribution >= 4 is 5.91 Å². The first kappa shape index (κ1) is 21.9. The third kappa shape index (κ3) is 4.69. The van der Waals surface area contributed by atoms with E-state index in [1.807, 2.05) is 4.68 Å². The minimum absolute atomic E-state index is 0.0441. The molecule has 0 radical (unpaired) electrons. The maximum atomic E-state index is 13.6. The second-order valence-corrected chi connectivity index (χ2v) is 12.0. The minimum Gasteiger partial charge on any atom is -0.477 e. The number of carbonyl (C=O) groups is 1. The number of nitrogens with zero attached hydrogens (tertiary/aromatic N) is 2. The van der Waals surface area contributed by atoms with Crippen molar-refractivity contribution in [1.29, 1.82) is 0 Å². The first-order valence-corrected chi connectivity index (χ1v) is 13.9. The minimum atomic E-state index is 0.0441. The molecule has 0 unspecified atom stereocenters. The van der Waals surface area contributed by atoms with Crippen molar-refractivity contribution in [1.82, 2.24) is 20.4 Å². The van der Waals surface area contributed by atoms with Crippen molar-refractivity contribution in [3.63, 3.8) is 0 Å². The number of piperidine rings is 1. The topological polar surface area (TPSA) is 68.2 Å². The lowest BCUT2D eigenvalue weighted by Crippen LogP contribution is -2.55. The van der Waals surface area contributed by atoms with E-state index < -0.39 is 0 Å². The fourth-order valence-corrected chi connectivity index (χ4v) is 8.06. The average Bonchev–Trinajstić information content (AvgIpc) is 3.23. The molecule has 1 aliphatic heterocycles. The molecule has 6 aliphatic rings. The van der Waals surface area contributed by atoms with Gasteiger partial charge in [-0.2, -0.15) is 5.10 Å². The predicted molar refractivity (Wildman–Crippen MR) is 128 cm³/mol. The van der Waals surface area contributed by atoms with Crippen LogP contribution in [-0.4, -0.2) is 41.4 Å². The Balaban J connectivity index is 1.17. The summed E-state index contributed by atoms with van der Waals surface area (Å²) in [7, 11) is 0. The highest BCUT2D eigenvalue weighted by molar-refractivity contribution is 5.96. The molecule has 0 spiro atoms. The zero-order chi connectivity index (χ0) is 22.2. The maximum absolute atomic E-state index is 13.6. The number of ether oxygens (including phenoxy) is 1. The van der Waals surface area contributed by atoms with E-state index in [0.717, 1.165) is 56.8 Å². The summed E-state index contributed by atoms with van der Waals surface area (Å²) in [5.41, 5.74) is 0.661. The van der Waals surface area contributed by atoms with Crippen molar-refractivity contribution in [3.8, 4) is 5.88 Å². The molecule has 2 heterocycles. The van der Waals surface area contributed by atoms with Gasteiger partial charge in [-0.05, 0) is 106 Å². The first-order chi connectivity index (χ1) is 16.2. The van der Waals surface area contributed by atoms with Gasteiger partial charge in [0, 0.05) is 12.6 Å². The Morgan fingerprint density at radius 1 is 0.970 bits per heavy atom. The lowest BCUT2D eigenvalue weighted by atomic mass is 9.54. The number of nitrogens with one attached hydrogen (secondary N) is 2. The van der Waals surface area contributed by atoms with Gasteiger partial charge in [0.2, 0.25) is 5.88 Å². The van der Waals surface area contributed by atoms with Crippen LogP contribution in [0.15, 0.2) is 6.20 Å². The fraction of sp³-hybridized carbons (Fsp3) is 0.852. The molecule has 1 amide bonds. The van der Waals surface area contributed by atoms with Crippen LogP contribution in [0.1, 0.15) is 87.4 Å². The van der Waals surface area contributed by atoms with Gasteiger partial charge in [-0.25, -0.2) is 4.68 Å². The Morgan fingerprint density at radius 3 is 2.36 bits per heavy atom. The van der Waals surface area contributed by atoms with E-state index in [4.69, 9.17) is 4.74 Å². The molecule has 1 aromatic rings. The van der Waals surface area contributed by atoms with Gasteiger partial charge in [0.1, 0.15) is 5.56 Å². The molecule has 0 aromatic carbocycles. The van der Waals surface area contributed by atoms with Crippen molar-refractivity contribution < 1.29 is 9.53 Å². The van der Waals surface area contributed by atoms with E-state index in [-0.39, 0.29) is 5.91 Å². The zero-order valence-electron chi connectivity index (χ0n) is 20.1. The highest BCUT2D eigenvalue weighted by atomic mass is 16.5. The Hall–Kier alpha value is -1.56. The van der Waals surface area contributed by atoms with Gasteiger partial charge >= 0.3 is 0 Å². The molecule has 5 saturated carbocycles. The second kappa shape index (κ2) is 9.59. The summed E-state index contributed by atoms with van der Waals surface area (Å²) in [5, 5.41) is 11.6. The molecule has 2 N–H and O–H groups in total. The number of hydrogen-bond acceptors (Lipinski definition) is 4. The van der Waals surface area contributed by atoms with Crippen LogP contribution in [0.2, 0.25) is 0 Å². The van der Waals surface area contributed by atoms with E-state index in [1.54, 1.807) is 6.20 Å².